The Morgan fingerprint density at radius 2 is 1.89 bits per heavy atom. The lowest BCUT2D eigenvalue weighted by atomic mass is 10.2. The molecule has 27 heavy (non-hydrogen) atoms. The van der Waals surface area contributed by atoms with E-state index in [1.54, 1.807) is 0 Å². The molecule has 0 unspecified atom stereocenters. The smallest absolute Gasteiger partial charge is 0.234 e. The number of aromatic nitrogens is 2. The van der Waals surface area contributed by atoms with E-state index in [0.29, 0.717) is 12.4 Å². The molecule has 0 radical (unpaired) electrons. The summed E-state index contributed by atoms with van der Waals surface area (Å²) in [6, 6.07) is 17.5. The number of anilines is 1. The molecule has 140 valence electrons. The van der Waals surface area contributed by atoms with Gasteiger partial charge in [0.05, 0.1) is 29.4 Å². The quantitative estimate of drug-likeness (QED) is 0.607. The Kier molecular flexibility index (Phi) is 6.19. The maximum Gasteiger partial charge on any atom is 0.234 e. The zero-order chi connectivity index (χ0) is 19.2. The van der Waals surface area contributed by atoms with Crippen LogP contribution in [0.25, 0.3) is 5.69 Å². The number of carbonyl (C=O) groups is 1. The van der Waals surface area contributed by atoms with Crippen LogP contribution < -0.4 is 10.1 Å². The highest BCUT2D eigenvalue weighted by Crippen LogP contribution is 2.24. The molecule has 0 saturated carbocycles. The van der Waals surface area contributed by atoms with E-state index in [-0.39, 0.29) is 5.91 Å². The van der Waals surface area contributed by atoms with Gasteiger partial charge in [-0.25, -0.2) is 4.68 Å². The minimum absolute atomic E-state index is 0.0529. The highest BCUT2D eigenvalue weighted by Gasteiger charge is 2.11. The highest BCUT2D eigenvalue weighted by molar-refractivity contribution is 8.00. The molecule has 1 N–H and O–H groups in total. The van der Waals surface area contributed by atoms with Crippen LogP contribution in [0.4, 0.5) is 5.69 Å². The van der Waals surface area contributed by atoms with Crippen LogP contribution in [-0.2, 0) is 4.79 Å². The van der Waals surface area contributed by atoms with E-state index >= 15 is 0 Å². The summed E-state index contributed by atoms with van der Waals surface area (Å²) in [5.41, 5.74) is 3.58. The van der Waals surface area contributed by atoms with Gasteiger partial charge in [-0.1, -0.05) is 12.1 Å². The standard InChI is InChI=1S/C21H23N3O2S/c1-4-26-17-9-11-18(12-10-17)27-14-21(25)22-19-7-5-6-8-20(19)24-16(3)13-15(2)23-24/h5-13H,4,14H2,1-3H3,(H,22,25). The van der Waals surface area contributed by atoms with Crippen molar-refractivity contribution in [3.8, 4) is 11.4 Å². The van der Waals surface area contributed by atoms with Crippen LogP contribution in [0.2, 0.25) is 0 Å². The third-order valence-electron chi connectivity index (χ3n) is 3.92. The van der Waals surface area contributed by atoms with E-state index in [0.717, 1.165) is 33.4 Å². The maximum absolute atomic E-state index is 12.4. The number of ether oxygens (including phenoxy) is 1. The van der Waals surface area contributed by atoms with Crippen LogP contribution in [0.15, 0.2) is 59.5 Å². The van der Waals surface area contributed by atoms with E-state index in [9.17, 15) is 4.79 Å². The predicted molar refractivity (Wildman–Crippen MR) is 110 cm³/mol. The molecule has 1 aromatic heterocycles. The number of aryl methyl sites for hydroxylation is 2. The van der Waals surface area contributed by atoms with Crippen molar-refractivity contribution in [1.29, 1.82) is 0 Å². The van der Waals surface area contributed by atoms with Crippen LogP contribution in [-0.4, -0.2) is 28.0 Å². The molecule has 3 rings (SSSR count). The number of para-hydroxylation sites is 2. The summed E-state index contributed by atoms with van der Waals surface area (Å²) in [4.78, 5) is 13.5. The van der Waals surface area contributed by atoms with Gasteiger partial charge >= 0.3 is 0 Å². The van der Waals surface area contributed by atoms with Crippen LogP contribution >= 0.6 is 11.8 Å². The molecular weight excluding hydrogens is 358 g/mol. The fourth-order valence-electron chi connectivity index (χ4n) is 2.77. The second kappa shape index (κ2) is 8.77. The van der Waals surface area contributed by atoms with Gasteiger partial charge in [0, 0.05) is 10.6 Å². The van der Waals surface area contributed by atoms with Crippen molar-refractivity contribution in [2.75, 3.05) is 17.7 Å². The Balaban J connectivity index is 1.65. The molecule has 3 aromatic rings. The summed E-state index contributed by atoms with van der Waals surface area (Å²) >= 11 is 1.49. The van der Waals surface area contributed by atoms with Crippen LogP contribution in [0.1, 0.15) is 18.3 Å². The highest BCUT2D eigenvalue weighted by atomic mass is 32.2. The van der Waals surface area contributed by atoms with Crippen molar-refractivity contribution in [3.63, 3.8) is 0 Å². The van der Waals surface area contributed by atoms with Gasteiger partial charge in [-0.05, 0) is 63.2 Å². The minimum Gasteiger partial charge on any atom is -0.494 e. The summed E-state index contributed by atoms with van der Waals surface area (Å²) in [6.45, 7) is 6.55. The first-order valence-electron chi connectivity index (χ1n) is 8.85. The largest absolute Gasteiger partial charge is 0.494 e. The molecule has 0 fully saturated rings. The van der Waals surface area contributed by atoms with E-state index in [2.05, 4.69) is 10.4 Å². The van der Waals surface area contributed by atoms with Gasteiger partial charge in [0.2, 0.25) is 5.91 Å². The third kappa shape index (κ3) is 4.92. The Hall–Kier alpha value is -2.73. The monoisotopic (exact) mass is 381 g/mol. The Labute approximate surface area is 163 Å². The lowest BCUT2D eigenvalue weighted by Gasteiger charge is -2.12. The van der Waals surface area contributed by atoms with Crippen LogP contribution in [0.3, 0.4) is 0 Å². The molecule has 0 spiro atoms. The van der Waals surface area contributed by atoms with Crippen LogP contribution in [0.5, 0.6) is 5.75 Å². The normalized spacial score (nSPS) is 10.6. The summed E-state index contributed by atoms with van der Waals surface area (Å²) < 4.78 is 7.29. The molecule has 0 aliphatic rings. The summed E-state index contributed by atoms with van der Waals surface area (Å²) in [7, 11) is 0. The van der Waals surface area contributed by atoms with Crippen molar-refractivity contribution < 1.29 is 9.53 Å². The molecule has 6 heteroatoms. The Morgan fingerprint density at radius 1 is 1.15 bits per heavy atom. The van der Waals surface area contributed by atoms with Gasteiger partial charge in [0.15, 0.2) is 0 Å². The van der Waals surface area contributed by atoms with E-state index < -0.39 is 0 Å². The molecule has 1 amide bonds. The van der Waals surface area contributed by atoms with Gasteiger partial charge in [0.1, 0.15) is 5.75 Å². The fourth-order valence-corrected chi connectivity index (χ4v) is 3.47. The number of benzene rings is 2. The first-order valence-corrected chi connectivity index (χ1v) is 9.83. The zero-order valence-electron chi connectivity index (χ0n) is 15.7. The fraction of sp³-hybridized carbons (Fsp3) is 0.238. The second-order valence-corrected chi connectivity index (χ2v) is 7.15. The Morgan fingerprint density at radius 3 is 2.56 bits per heavy atom. The molecule has 2 aromatic carbocycles. The molecule has 5 nitrogen and oxygen atoms in total. The number of rotatable bonds is 7. The van der Waals surface area contributed by atoms with E-state index in [4.69, 9.17) is 4.74 Å². The molecular formula is C21H23N3O2S. The topological polar surface area (TPSA) is 56.1 Å². The number of nitrogens with zero attached hydrogens (tertiary/aromatic N) is 2. The average Bonchev–Trinajstić information content (AvgIpc) is 3.00. The van der Waals surface area contributed by atoms with Crippen molar-refractivity contribution >= 4 is 23.4 Å². The molecule has 0 atom stereocenters. The molecule has 0 bridgehead atoms. The van der Waals surface area contributed by atoms with Crippen molar-refractivity contribution in [3.05, 3.63) is 66.0 Å². The third-order valence-corrected chi connectivity index (χ3v) is 4.93. The molecule has 1 heterocycles. The predicted octanol–water partition coefficient (Wildman–Crippen LogP) is 4.62. The maximum atomic E-state index is 12.4. The minimum atomic E-state index is -0.0529. The molecule has 0 aliphatic heterocycles. The first kappa shape index (κ1) is 19.0. The van der Waals surface area contributed by atoms with E-state index in [1.807, 2.05) is 80.1 Å². The lowest BCUT2D eigenvalue weighted by molar-refractivity contribution is -0.113. The molecule has 0 aliphatic carbocycles. The molecule has 0 saturated heterocycles. The zero-order valence-corrected chi connectivity index (χ0v) is 16.5. The Bertz CT molecular complexity index is 919. The first-order chi connectivity index (χ1) is 13.1. The van der Waals surface area contributed by atoms with Gasteiger partial charge in [-0.2, -0.15) is 5.10 Å². The number of hydrogen-bond acceptors (Lipinski definition) is 4. The van der Waals surface area contributed by atoms with Crippen LogP contribution in [0, 0.1) is 13.8 Å². The number of amides is 1. The average molecular weight is 382 g/mol. The SMILES string of the molecule is CCOc1ccc(SCC(=O)Nc2ccccc2-n2nc(C)cc2C)cc1. The summed E-state index contributed by atoms with van der Waals surface area (Å²) in [5.74, 6) is 1.12. The number of hydrogen-bond donors (Lipinski definition) is 1. The number of thioether (sulfide) groups is 1. The number of carbonyl (C=O) groups excluding carboxylic acids is 1. The second-order valence-electron chi connectivity index (χ2n) is 6.10. The van der Waals surface area contributed by atoms with E-state index in [1.165, 1.54) is 11.8 Å². The van der Waals surface area contributed by atoms with Gasteiger partial charge in [-0.15, -0.1) is 11.8 Å². The summed E-state index contributed by atoms with van der Waals surface area (Å²) in [6.07, 6.45) is 0. The number of nitrogens with one attached hydrogen (secondary N) is 1. The van der Waals surface area contributed by atoms with Gasteiger partial charge in [-0.3, -0.25) is 4.79 Å². The van der Waals surface area contributed by atoms with Gasteiger partial charge in [0.25, 0.3) is 0 Å². The van der Waals surface area contributed by atoms with Crippen molar-refractivity contribution in [1.82, 2.24) is 9.78 Å². The van der Waals surface area contributed by atoms with Crippen molar-refractivity contribution in [2.24, 2.45) is 0 Å². The summed E-state index contributed by atoms with van der Waals surface area (Å²) in [5, 5.41) is 7.52. The van der Waals surface area contributed by atoms with Gasteiger partial charge < -0.3 is 10.1 Å². The van der Waals surface area contributed by atoms with Crippen molar-refractivity contribution in [2.45, 2.75) is 25.7 Å². The lowest BCUT2D eigenvalue weighted by Crippen LogP contribution is -2.16.